The predicted octanol–water partition coefficient (Wildman–Crippen LogP) is 3.40. The van der Waals surface area contributed by atoms with Gasteiger partial charge in [0.1, 0.15) is 0 Å². The number of carbonyl (C=O) groups excluding carboxylic acids is 1. The summed E-state index contributed by atoms with van der Waals surface area (Å²) in [5.74, 6) is 4.62. The molecule has 0 aliphatic carbocycles. The van der Waals surface area contributed by atoms with Gasteiger partial charge in [-0.1, -0.05) is 64.2 Å². The number of unbranched alkanes of at least 4 members (excludes halogenated alkanes) is 9. The highest BCUT2D eigenvalue weighted by atomic mass is 16.1. The average molecular weight is 223 g/mol. The minimum absolute atomic E-state index is 0.518. The third-order valence-corrected chi connectivity index (χ3v) is 2.62. The molecule has 2 heteroatoms. The molecule has 0 heterocycles. The topological polar surface area (TPSA) is 43.1 Å². The highest BCUT2D eigenvalue weighted by molar-refractivity contribution is 5.91. The second-order valence-corrected chi connectivity index (χ2v) is 4.24. The van der Waals surface area contributed by atoms with Crippen LogP contribution in [0.2, 0.25) is 0 Å². The molecule has 0 saturated heterocycles. The molecule has 0 aromatic carbocycles. The summed E-state index contributed by atoms with van der Waals surface area (Å²) in [6, 6.07) is 0. The highest BCUT2D eigenvalue weighted by Crippen LogP contribution is 2.09. The van der Waals surface area contributed by atoms with E-state index in [-0.39, 0.29) is 0 Å². The lowest BCUT2D eigenvalue weighted by Crippen LogP contribution is -2.05. The molecule has 0 bridgehead atoms. The van der Waals surface area contributed by atoms with Crippen LogP contribution in [0.15, 0.2) is 0 Å². The van der Waals surface area contributed by atoms with E-state index in [9.17, 15) is 4.79 Å². The van der Waals surface area contributed by atoms with Crippen LogP contribution in [0.4, 0.5) is 0 Å². The van der Waals surface area contributed by atoms with Crippen molar-refractivity contribution in [3.8, 4) is 11.8 Å². The third-order valence-electron chi connectivity index (χ3n) is 2.62. The van der Waals surface area contributed by atoms with Crippen LogP contribution in [0.25, 0.3) is 0 Å². The van der Waals surface area contributed by atoms with Crippen molar-refractivity contribution in [2.75, 3.05) is 0 Å². The first-order valence-electron chi connectivity index (χ1n) is 6.55. The Morgan fingerprint density at radius 3 is 1.94 bits per heavy atom. The average Bonchev–Trinajstić information content (AvgIpc) is 2.25. The van der Waals surface area contributed by atoms with Crippen LogP contribution in [0.1, 0.15) is 71.1 Å². The van der Waals surface area contributed by atoms with Gasteiger partial charge in [-0.3, -0.25) is 4.79 Å². The Kier molecular flexibility index (Phi) is 11.4. The Bertz CT molecular complexity index is 225. The molecule has 2 nitrogen and oxygen atoms in total. The van der Waals surface area contributed by atoms with Crippen LogP contribution >= 0.6 is 0 Å². The number of rotatable bonds is 9. The lowest BCUT2D eigenvalue weighted by molar-refractivity contribution is -0.112. The smallest absolute Gasteiger partial charge is 0.293 e. The Morgan fingerprint density at radius 1 is 0.938 bits per heavy atom. The zero-order valence-electron chi connectivity index (χ0n) is 10.6. The molecule has 0 aromatic heterocycles. The van der Waals surface area contributed by atoms with Gasteiger partial charge in [0, 0.05) is 6.42 Å². The molecule has 92 valence electrons. The largest absolute Gasteiger partial charge is 0.359 e. The maximum Gasteiger partial charge on any atom is 0.293 e. The van der Waals surface area contributed by atoms with Gasteiger partial charge < -0.3 is 5.73 Å². The van der Waals surface area contributed by atoms with Crippen LogP contribution in [-0.4, -0.2) is 5.91 Å². The van der Waals surface area contributed by atoms with Crippen molar-refractivity contribution < 1.29 is 4.79 Å². The van der Waals surface area contributed by atoms with Crippen LogP contribution in [0.3, 0.4) is 0 Å². The highest BCUT2D eigenvalue weighted by Gasteiger charge is 1.91. The zero-order valence-corrected chi connectivity index (χ0v) is 10.6. The molecule has 2 N–H and O–H groups in total. The first-order valence-corrected chi connectivity index (χ1v) is 6.55. The Labute approximate surface area is 100.0 Å². The maximum absolute atomic E-state index is 10.3. The van der Waals surface area contributed by atoms with Gasteiger partial charge in [0.25, 0.3) is 5.91 Å². The summed E-state index contributed by atoms with van der Waals surface area (Å²) < 4.78 is 0. The lowest BCUT2D eigenvalue weighted by atomic mass is 10.1. The van der Waals surface area contributed by atoms with Crippen LogP contribution < -0.4 is 5.73 Å². The van der Waals surface area contributed by atoms with Gasteiger partial charge in [0.05, 0.1) is 0 Å². The van der Waals surface area contributed by atoms with E-state index < -0.39 is 5.91 Å². The number of hydrogen-bond donors (Lipinski definition) is 1. The number of amides is 1. The fraction of sp³-hybridized carbons (Fsp3) is 0.786. The fourth-order valence-corrected chi connectivity index (χ4v) is 1.67. The van der Waals surface area contributed by atoms with Gasteiger partial charge >= 0.3 is 0 Å². The Balaban J connectivity index is 3.05. The Hall–Kier alpha value is -0.970. The van der Waals surface area contributed by atoms with Gasteiger partial charge in [0.2, 0.25) is 0 Å². The second-order valence-electron chi connectivity index (χ2n) is 4.24. The van der Waals surface area contributed by atoms with E-state index in [0.29, 0.717) is 0 Å². The molecule has 0 aliphatic heterocycles. The first kappa shape index (κ1) is 15.0. The summed E-state index contributed by atoms with van der Waals surface area (Å²) in [5.41, 5.74) is 4.90. The molecule has 16 heavy (non-hydrogen) atoms. The van der Waals surface area contributed by atoms with Crippen molar-refractivity contribution in [1.29, 1.82) is 0 Å². The SMILES string of the molecule is CCCCCCCCCCCC#CC(N)=O. The molecule has 1 amide bonds. The number of primary amides is 1. The Morgan fingerprint density at radius 2 is 1.44 bits per heavy atom. The maximum atomic E-state index is 10.3. The molecule has 0 rings (SSSR count). The van der Waals surface area contributed by atoms with Crippen molar-refractivity contribution >= 4 is 5.91 Å². The van der Waals surface area contributed by atoms with E-state index in [1.165, 1.54) is 51.4 Å². The number of nitrogens with two attached hydrogens (primary N) is 1. The molecule has 0 radical (unpaired) electrons. The normalized spacial score (nSPS) is 9.56. The molecular formula is C14H25NO. The van der Waals surface area contributed by atoms with E-state index in [2.05, 4.69) is 18.8 Å². The van der Waals surface area contributed by atoms with E-state index in [4.69, 9.17) is 5.73 Å². The number of carbonyl (C=O) groups is 1. The molecular weight excluding hydrogens is 198 g/mol. The van der Waals surface area contributed by atoms with Crippen molar-refractivity contribution in [3.05, 3.63) is 0 Å². The van der Waals surface area contributed by atoms with Crippen LogP contribution in [-0.2, 0) is 4.79 Å². The molecule has 0 spiro atoms. The first-order chi connectivity index (χ1) is 7.77. The van der Waals surface area contributed by atoms with Gasteiger partial charge in [-0.25, -0.2) is 0 Å². The van der Waals surface area contributed by atoms with Gasteiger partial charge in [0.15, 0.2) is 0 Å². The van der Waals surface area contributed by atoms with E-state index >= 15 is 0 Å². The summed E-state index contributed by atoms with van der Waals surface area (Å²) in [4.78, 5) is 10.3. The summed E-state index contributed by atoms with van der Waals surface area (Å²) in [7, 11) is 0. The van der Waals surface area contributed by atoms with E-state index in [1.54, 1.807) is 0 Å². The molecule has 0 aliphatic rings. The summed E-state index contributed by atoms with van der Waals surface area (Å²) in [6.45, 7) is 2.24. The van der Waals surface area contributed by atoms with Gasteiger partial charge in [-0.05, 0) is 12.3 Å². The zero-order chi connectivity index (χ0) is 12.1. The second kappa shape index (κ2) is 12.1. The molecule has 0 aromatic rings. The quantitative estimate of drug-likeness (QED) is 0.472. The fourth-order valence-electron chi connectivity index (χ4n) is 1.67. The lowest BCUT2D eigenvalue weighted by Gasteiger charge is -1.99. The molecule has 0 saturated carbocycles. The molecule has 0 atom stereocenters. The predicted molar refractivity (Wildman–Crippen MR) is 68.8 cm³/mol. The monoisotopic (exact) mass is 223 g/mol. The number of hydrogen-bond acceptors (Lipinski definition) is 1. The minimum Gasteiger partial charge on any atom is -0.359 e. The van der Waals surface area contributed by atoms with Crippen molar-refractivity contribution in [1.82, 2.24) is 0 Å². The summed E-state index contributed by atoms with van der Waals surface area (Å²) in [6.07, 6.45) is 12.6. The van der Waals surface area contributed by atoms with Gasteiger partial charge in [-0.2, -0.15) is 0 Å². The van der Waals surface area contributed by atoms with Crippen LogP contribution in [0, 0.1) is 11.8 Å². The standard InChI is InChI=1S/C14H25NO/c1-2-3-4-5-6-7-8-9-10-11-12-13-14(15)16/h2-11H2,1H3,(H2,15,16). The minimum atomic E-state index is -0.518. The summed E-state index contributed by atoms with van der Waals surface area (Å²) in [5, 5.41) is 0. The summed E-state index contributed by atoms with van der Waals surface area (Å²) >= 11 is 0. The third kappa shape index (κ3) is 13.0. The van der Waals surface area contributed by atoms with Crippen molar-refractivity contribution in [3.63, 3.8) is 0 Å². The van der Waals surface area contributed by atoms with E-state index in [0.717, 1.165) is 12.8 Å². The van der Waals surface area contributed by atoms with Gasteiger partial charge in [-0.15, -0.1) is 0 Å². The molecule has 0 unspecified atom stereocenters. The van der Waals surface area contributed by atoms with E-state index in [1.807, 2.05) is 0 Å². The molecule has 0 fully saturated rings. The van der Waals surface area contributed by atoms with Crippen LogP contribution in [0.5, 0.6) is 0 Å². The van der Waals surface area contributed by atoms with Crippen molar-refractivity contribution in [2.24, 2.45) is 5.73 Å². The van der Waals surface area contributed by atoms with Crippen molar-refractivity contribution in [2.45, 2.75) is 71.1 Å².